The lowest BCUT2D eigenvalue weighted by atomic mass is 10.2. The standard InChI is InChI=1S/C9H7N3O3/c13-8-5-6(12(14)15)1-2-7(8)9-10-3-4-11-9/h1-5,13H,(H,10,11). The average Bonchev–Trinajstić information content (AvgIpc) is 2.70. The third-order valence-electron chi connectivity index (χ3n) is 1.95. The molecular formula is C9H7N3O3. The van der Waals surface area contributed by atoms with Crippen LogP contribution in [0.4, 0.5) is 5.69 Å². The van der Waals surface area contributed by atoms with Crippen LogP contribution in [-0.4, -0.2) is 20.0 Å². The molecule has 2 aromatic rings. The molecule has 0 saturated heterocycles. The fourth-order valence-electron chi connectivity index (χ4n) is 1.25. The first-order chi connectivity index (χ1) is 7.18. The molecule has 0 saturated carbocycles. The number of aromatic hydroxyl groups is 1. The van der Waals surface area contributed by atoms with E-state index in [1.807, 2.05) is 0 Å². The van der Waals surface area contributed by atoms with Crippen molar-refractivity contribution in [2.24, 2.45) is 0 Å². The molecule has 0 amide bonds. The van der Waals surface area contributed by atoms with Crippen molar-refractivity contribution >= 4 is 5.69 Å². The number of H-pyrrole nitrogens is 1. The van der Waals surface area contributed by atoms with Gasteiger partial charge >= 0.3 is 0 Å². The molecule has 15 heavy (non-hydrogen) atoms. The van der Waals surface area contributed by atoms with E-state index in [1.54, 1.807) is 6.20 Å². The molecule has 0 radical (unpaired) electrons. The van der Waals surface area contributed by atoms with Crippen LogP contribution >= 0.6 is 0 Å². The van der Waals surface area contributed by atoms with Crippen molar-refractivity contribution < 1.29 is 10.0 Å². The van der Waals surface area contributed by atoms with Crippen LogP contribution in [0.15, 0.2) is 30.6 Å². The van der Waals surface area contributed by atoms with E-state index in [0.717, 1.165) is 6.07 Å². The molecule has 6 nitrogen and oxygen atoms in total. The summed E-state index contributed by atoms with van der Waals surface area (Å²) in [5.74, 6) is 0.307. The summed E-state index contributed by atoms with van der Waals surface area (Å²) >= 11 is 0. The summed E-state index contributed by atoms with van der Waals surface area (Å²) in [6, 6.07) is 3.86. The highest BCUT2D eigenvalue weighted by molar-refractivity contribution is 5.65. The summed E-state index contributed by atoms with van der Waals surface area (Å²) in [6.45, 7) is 0. The number of non-ortho nitro benzene ring substituents is 1. The van der Waals surface area contributed by atoms with Gasteiger partial charge in [-0.25, -0.2) is 4.98 Å². The monoisotopic (exact) mass is 205 g/mol. The first-order valence-electron chi connectivity index (χ1n) is 4.15. The zero-order chi connectivity index (χ0) is 10.8. The fraction of sp³-hybridized carbons (Fsp3) is 0. The molecule has 0 aliphatic carbocycles. The Kier molecular flexibility index (Phi) is 2.09. The van der Waals surface area contributed by atoms with Gasteiger partial charge in [0.05, 0.1) is 16.6 Å². The maximum atomic E-state index is 10.4. The molecule has 0 spiro atoms. The predicted octanol–water partition coefficient (Wildman–Crippen LogP) is 1.69. The molecule has 1 aromatic heterocycles. The summed E-state index contributed by atoms with van der Waals surface area (Å²) in [7, 11) is 0. The van der Waals surface area contributed by atoms with E-state index in [0.29, 0.717) is 11.4 Å². The quantitative estimate of drug-likeness (QED) is 0.576. The van der Waals surface area contributed by atoms with Gasteiger partial charge in [0.15, 0.2) is 0 Å². The third-order valence-corrected chi connectivity index (χ3v) is 1.95. The number of rotatable bonds is 2. The van der Waals surface area contributed by atoms with Crippen molar-refractivity contribution in [1.29, 1.82) is 0 Å². The Morgan fingerprint density at radius 3 is 2.80 bits per heavy atom. The predicted molar refractivity (Wildman–Crippen MR) is 52.3 cm³/mol. The van der Waals surface area contributed by atoms with E-state index in [9.17, 15) is 15.2 Å². The second kappa shape index (κ2) is 3.41. The van der Waals surface area contributed by atoms with E-state index in [4.69, 9.17) is 0 Å². The molecule has 2 rings (SSSR count). The smallest absolute Gasteiger partial charge is 0.273 e. The van der Waals surface area contributed by atoms with Gasteiger partial charge in [0.25, 0.3) is 5.69 Å². The number of nitro benzene ring substituents is 1. The van der Waals surface area contributed by atoms with E-state index < -0.39 is 4.92 Å². The second-order valence-electron chi connectivity index (χ2n) is 2.90. The number of hydrogen-bond acceptors (Lipinski definition) is 4. The zero-order valence-electron chi connectivity index (χ0n) is 7.54. The highest BCUT2D eigenvalue weighted by Gasteiger charge is 2.12. The summed E-state index contributed by atoms with van der Waals surface area (Å²) in [5.41, 5.74) is 0.286. The SMILES string of the molecule is O=[N+]([O-])c1ccc(-c2ncc[nH]2)c(O)c1. The summed E-state index contributed by atoms with van der Waals surface area (Å²) in [6.07, 6.45) is 3.15. The van der Waals surface area contributed by atoms with Crippen molar-refractivity contribution in [2.75, 3.05) is 0 Å². The molecule has 0 fully saturated rings. The van der Waals surface area contributed by atoms with Crippen molar-refractivity contribution in [3.05, 3.63) is 40.7 Å². The number of nitro groups is 1. The fourth-order valence-corrected chi connectivity index (χ4v) is 1.25. The number of aromatic nitrogens is 2. The van der Waals surface area contributed by atoms with Crippen LogP contribution < -0.4 is 0 Å². The van der Waals surface area contributed by atoms with Gasteiger partial charge in [-0.3, -0.25) is 10.1 Å². The highest BCUT2D eigenvalue weighted by atomic mass is 16.6. The lowest BCUT2D eigenvalue weighted by Crippen LogP contribution is -1.88. The molecule has 0 aliphatic rings. The van der Waals surface area contributed by atoms with Crippen LogP contribution in [0.2, 0.25) is 0 Å². The van der Waals surface area contributed by atoms with Gasteiger partial charge in [-0.15, -0.1) is 0 Å². The van der Waals surface area contributed by atoms with Gasteiger partial charge in [-0.05, 0) is 6.07 Å². The van der Waals surface area contributed by atoms with Crippen LogP contribution in [0, 0.1) is 10.1 Å². The topological polar surface area (TPSA) is 92.0 Å². The van der Waals surface area contributed by atoms with E-state index in [-0.39, 0.29) is 11.4 Å². The van der Waals surface area contributed by atoms with Gasteiger partial charge in [-0.1, -0.05) is 0 Å². The molecule has 76 valence electrons. The van der Waals surface area contributed by atoms with Gasteiger partial charge in [0.2, 0.25) is 0 Å². The summed E-state index contributed by atoms with van der Waals surface area (Å²) in [5, 5.41) is 20.0. The number of nitrogens with one attached hydrogen (secondary N) is 1. The lowest BCUT2D eigenvalue weighted by molar-refractivity contribution is -0.384. The molecule has 1 heterocycles. The summed E-state index contributed by atoms with van der Waals surface area (Å²) in [4.78, 5) is 16.6. The largest absolute Gasteiger partial charge is 0.507 e. The first kappa shape index (κ1) is 9.20. The average molecular weight is 205 g/mol. The Morgan fingerprint density at radius 1 is 1.47 bits per heavy atom. The Balaban J connectivity index is 2.48. The molecule has 0 bridgehead atoms. The maximum Gasteiger partial charge on any atom is 0.273 e. The summed E-state index contributed by atoms with van der Waals surface area (Å²) < 4.78 is 0. The highest BCUT2D eigenvalue weighted by Crippen LogP contribution is 2.29. The van der Waals surface area contributed by atoms with E-state index >= 15 is 0 Å². The van der Waals surface area contributed by atoms with Gasteiger partial charge < -0.3 is 10.1 Å². The minimum Gasteiger partial charge on any atom is -0.507 e. The number of benzene rings is 1. The molecule has 6 heteroatoms. The van der Waals surface area contributed by atoms with Gasteiger partial charge in [0.1, 0.15) is 11.6 Å². The number of hydrogen-bond donors (Lipinski definition) is 2. The molecule has 1 aromatic carbocycles. The molecule has 0 atom stereocenters. The molecular weight excluding hydrogens is 198 g/mol. The Bertz CT molecular complexity index is 493. The normalized spacial score (nSPS) is 10.1. The van der Waals surface area contributed by atoms with Crippen LogP contribution in [0.3, 0.4) is 0 Å². The van der Waals surface area contributed by atoms with Crippen molar-refractivity contribution in [1.82, 2.24) is 9.97 Å². The van der Waals surface area contributed by atoms with E-state index in [2.05, 4.69) is 9.97 Å². The molecule has 2 N–H and O–H groups in total. The van der Waals surface area contributed by atoms with Crippen LogP contribution in [0.5, 0.6) is 5.75 Å². The minimum absolute atomic E-state index is 0.150. The third kappa shape index (κ3) is 1.64. The van der Waals surface area contributed by atoms with Crippen LogP contribution in [-0.2, 0) is 0 Å². The number of phenolic OH excluding ortho intramolecular Hbond substituents is 1. The Labute approximate surface area is 84.4 Å². The first-order valence-corrected chi connectivity index (χ1v) is 4.15. The van der Waals surface area contributed by atoms with Crippen molar-refractivity contribution in [2.45, 2.75) is 0 Å². The Hall–Kier alpha value is -2.37. The lowest BCUT2D eigenvalue weighted by Gasteiger charge is -2.00. The molecule has 0 unspecified atom stereocenters. The second-order valence-corrected chi connectivity index (χ2v) is 2.90. The number of nitrogens with zero attached hydrogens (tertiary/aromatic N) is 2. The van der Waals surface area contributed by atoms with Crippen molar-refractivity contribution in [3.63, 3.8) is 0 Å². The van der Waals surface area contributed by atoms with Crippen LogP contribution in [0.25, 0.3) is 11.4 Å². The zero-order valence-corrected chi connectivity index (χ0v) is 7.54. The van der Waals surface area contributed by atoms with E-state index in [1.165, 1.54) is 18.3 Å². The number of imidazole rings is 1. The number of aromatic amines is 1. The Morgan fingerprint density at radius 2 is 2.27 bits per heavy atom. The van der Waals surface area contributed by atoms with Crippen LogP contribution in [0.1, 0.15) is 0 Å². The maximum absolute atomic E-state index is 10.4. The minimum atomic E-state index is -0.564. The number of phenols is 1. The van der Waals surface area contributed by atoms with Crippen molar-refractivity contribution in [3.8, 4) is 17.1 Å². The van der Waals surface area contributed by atoms with Gasteiger partial charge in [-0.2, -0.15) is 0 Å². The van der Waals surface area contributed by atoms with Gasteiger partial charge in [0, 0.05) is 18.5 Å². The molecule has 0 aliphatic heterocycles.